The minimum Gasteiger partial charge on any atom is -0.368 e. The first kappa shape index (κ1) is 12.2. The second-order valence-electron chi connectivity index (χ2n) is 4.03. The highest BCUT2D eigenvalue weighted by Crippen LogP contribution is 2.15. The lowest BCUT2D eigenvalue weighted by atomic mass is 10.0. The number of amides is 1. The third-order valence-corrected chi connectivity index (χ3v) is 3.45. The molecule has 1 aromatic heterocycles. The summed E-state index contributed by atoms with van der Waals surface area (Å²) in [5.74, 6) is -0.0537. The Morgan fingerprint density at radius 1 is 1.60 bits per heavy atom. The lowest BCUT2D eigenvalue weighted by molar-refractivity contribution is -0.121. The van der Waals surface area contributed by atoms with Gasteiger partial charge >= 0.3 is 0 Å². The highest BCUT2D eigenvalue weighted by molar-refractivity contribution is 7.10. The van der Waals surface area contributed by atoms with Gasteiger partial charge in [-0.05, 0) is 29.9 Å². The number of rotatable bonds is 5. The van der Waals surface area contributed by atoms with Gasteiger partial charge in [0, 0.05) is 11.4 Å². The maximum atomic E-state index is 11.1. The van der Waals surface area contributed by atoms with E-state index >= 15 is 0 Å². The number of primary amides is 1. The van der Waals surface area contributed by atoms with E-state index in [0.29, 0.717) is 0 Å². The molecule has 15 heavy (non-hydrogen) atoms. The summed E-state index contributed by atoms with van der Waals surface area (Å²) < 4.78 is 0. The average molecular weight is 226 g/mol. The number of thiophene rings is 1. The second-order valence-corrected chi connectivity index (χ2v) is 5.03. The topological polar surface area (TPSA) is 55.1 Å². The van der Waals surface area contributed by atoms with Crippen LogP contribution in [0.15, 0.2) is 11.4 Å². The van der Waals surface area contributed by atoms with Crippen LogP contribution in [0.5, 0.6) is 0 Å². The second kappa shape index (κ2) is 5.28. The Bertz CT molecular complexity index is 333. The fourth-order valence-electron chi connectivity index (χ4n) is 1.45. The maximum Gasteiger partial charge on any atom is 0.234 e. The van der Waals surface area contributed by atoms with Gasteiger partial charge in [-0.2, -0.15) is 0 Å². The first-order valence-electron chi connectivity index (χ1n) is 5.08. The van der Waals surface area contributed by atoms with Crippen LogP contribution in [0.3, 0.4) is 0 Å². The zero-order valence-electron chi connectivity index (χ0n) is 9.41. The number of hydrogen-bond donors (Lipinski definition) is 2. The summed E-state index contributed by atoms with van der Waals surface area (Å²) in [6.45, 7) is 6.77. The van der Waals surface area contributed by atoms with Crippen LogP contribution in [0.2, 0.25) is 0 Å². The summed E-state index contributed by atoms with van der Waals surface area (Å²) in [6, 6.07) is 1.84. The molecule has 0 bridgehead atoms. The van der Waals surface area contributed by atoms with Crippen LogP contribution in [0.1, 0.15) is 24.3 Å². The Kier molecular flexibility index (Phi) is 4.29. The first-order valence-corrected chi connectivity index (χ1v) is 5.96. The van der Waals surface area contributed by atoms with Gasteiger partial charge in [-0.15, -0.1) is 11.3 Å². The van der Waals surface area contributed by atoms with Crippen molar-refractivity contribution in [3.8, 4) is 0 Å². The molecule has 0 aromatic carbocycles. The van der Waals surface area contributed by atoms with Crippen LogP contribution in [0.25, 0.3) is 0 Å². The van der Waals surface area contributed by atoms with E-state index in [9.17, 15) is 4.79 Å². The Morgan fingerprint density at radius 3 is 2.67 bits per heavy atom. The van der Waals surface area contributed by atoms with Gasteiger partial charge in [-0.3, -0.25) is 4.79 Å². The molecule has 0 saturated heterocycles. The minimum atomic E-state index is -0.279. The van der Waals surface area contributed by atoms with Crippen molar-refractivity contribution < 1.29 is 4.79 Å². The van der Waals surface area contributed by atoms with Gasteiger partial charge in [0.1, 0.15) is 0 Å². The molecular weight excluding hydrogens is 208 g/mol. The summed E-state index contributed by atoms with van der Waals surface area (Å²) in [6.07, 6.45) is 0. The predicted octanol–water partition coefficient (Wildman–Crippen LogP) is 1.66. The lowest BCUT2D eigenvalue weighted by Gasteiger charge is -2.18. The highest BCUT2D eigenvalue weighted by Gasteiger charge is 2.18. The van der Waals surface area contributed by atoms with Gasteiger partial charge < -0.3 is 11.1 Å². The molecule has 1 rings (SSSR count). The summed E-state index contributed by atoms with van der Waals surface area (Å²) in [5, 5.41) is 5.25. The van der Waals surface area contributed by atoms with E-state index in [1.165, 1.54) is 10.4 Å². The highest BCUT2D eigenvalue weighted by atomic mass is 32.1. The predicted molar refractivity (Wildman–Crippen MR) is 63.7 cm³/mol. The fourth-order valence-corrected chi connectivity index (χ4v) is 2.31. The first-order chi connectivity index (χ1) is 7.02. The maximum absolute atomic E-state index is 11.1. The largest absolute Gasteiger partial charge is 0.368 e. The van der Waals surface area contributed by atoms with Crippen LogP contribution in [-0.2, 0) is 11.3 Å². The SMILES string of the molecule is Cc1ccsc1CNC(C(N)=O)C(C)C. The molecule has 1 amide bonds. The Balaban J connectivity index is 2.55. The van der Waals surface area contributed by atoms with E-state index in [-0.39, 0.29) is 17.9 Å². The van der Waals surface area contributed by atoms with Crippen molar-refractivity contribution in [1.82, 2.24) is 5.32 Å². The minimum absolute atomic E-state index is 0.225. The Morgan fingerprint density at radius 2 is 2.27 bits per heavy atom. The van der Waals surface area contributed by atoms with Crippen molar-refractivity contribution in [3.63, 3.8) is 0 Å². The molecule has 1 atom stereocenters. The molecule has 1 aromatic rings. The molecule has 0 aliphatic heterocycles. The summed E-state index contributed by atoms with van der Waals surface area (Å²) >= 11 is 1.70. The van der Waals surface area contributed by atoms with Crippen LogP contribution in [-0.4, -0.2) is 11.9 Å². The van der Waals surface area contributed by atoms with E-state index in [1.54, 1.807) is 11.3 Å². The van der Waals surface area contributed by atoms with Crippen molar-refractivity contribution in [2.75, 3.05) is 0 Å². The quantitative estimate of drug-likeness (QED) is 0.802. The van der Waals surface area contributed by atoms with E-state index in [0.717, 1.165) is 6.54 Å². The van der Waals surface area contributed by atoms with Gasteiger partial charge in [-0.1, -0.05) is 13.8 Å². The van der Waals surface area contributed by atoms with Crippen molar-refractivity contribution in [2.45, 2.75) is 33.4 Å². The molecule has 3 N–H and O–H groups in total. The summed E-state index contributed by atoms with van der Waals surface area (Å²) in [7, 11) is 0. The Labute approximate surface area is 94.7 Å². The summed E-state index contributed by atoms with van der Waals surface area (Å²) in [4.78, 5) is 12.4. The molecule has 0 saturated carbocycles. The van der Waals surface area contributed by atoms with Crippen molar-refractivity contribution in [2.24, 2.45) is 11.7 Å². The van der Waals surface area contributed by atoms with Crippen LogP contribution in [0, 0.1) is 12.8 Å². The molecule has 1 heterocycles. The van der Waals surface area contributed by atoms with E-state index in [4.69, 9.17) is 5.73 Å². The van der Waals surface area contributed by atoms with Crippen LogP contribution >= 0.6 is 11.3 Å². The molecule has 3 nitrogen and oxygen atoms in total. The van der Waals surface area contributed by atoms with Gasteiger partial charge in [0.15, 0.2) is 0 Å². The zero-order valence-corrected chi connectivity index (χ0v) is 10.2. The molecule has 0 aliphatic rings. The third-order valence-electron chi connectivity index (χ3n) is 2.42. The standard InChI is InChI=1S/C11H18N2OS/c1-7(2)10(11(12)14)13-6-9-8(3)4-5-15-9/h4-5,7,10,13H,6H2,1-3H3,(H2,12,14). The number of nitrogens with one attached hydrogen (secondary N) is 1. The molecular formula is C11H18N2OS. The number of hydrogen-bond acceptors (Lipinski definition) is 3. The molecule has 4 heteroatoms. The van der Waals surface area contributed by atoms with Gasteiger partial charge in [0.05, 0.1) is 6.04 Å². The van der Waals surface area contributed by atoms with E-state index in [2.05, 4.69) is 23.7 Å². The third kappa shape index (κ3) is 3.32. The molecule has 0 fully saturated rings. The number of nitrogens with two attached hydrogens (primary N) is 1. The number of carbonyl (C=O) groups is 1. The molecule has 1 unspecified atom stereocenters. The van der Waals surface area contributed by atoms with Crippen molar-refractivity contribution >= 4 is 17.2 Å². The van der Waals surface area contributed by atoms with Gasteiger partial charge in [0.25, 0.3) is 0 Å². The Hall–Kier alpha value is -0.870. The van der Waals surface area contributed by atoms with Crippen molar-refractivity contribution in [3.05, 3.63) is 21.9 Å². The molecule has 84 valence electrons. The average Bonchev–Trinajstić information content (AvgIpc) is 2.51. The molecule has 0 aliphatic carbocycles. The molecule has 0 radical (unpaired) electrons. The summed E-state index contributed by atoms with van der Waals surface area (Å²) in [5.41, 5.74) is 6.58. The number of carbonyl (C=O) groups excluding carboxylic acids is 1. The number of aryl methyl sites for hydroxylation is 1. The molecule has 0 spiro atoms. The van der Waals surface area contributed by atoms with E-state index < -0.39 is 0 Å². The van der Waals surface area contributed by atoms with Gasteiger partial charge in [-0.25, -0.2) is 0 Å². The zero-order chi connectivity index (χ0) is 11.4. The lowest BCUT2D eigenvalue weighted by Crippen LogP contribution is -2.44. The smallest absolute Gasteiger partial charge is 0.234 e. The van der Waals surface area contributed by atoms with Crippen molar-refractivity contribution in [1.29, 1.82) is 0 Å². The van der Waals surface area contributed by atoms with Crippen LogP contribution in [0.4, 0.5) is 0 Å². The van der Waals surface area contributed by atoms with Crippen LogP contribution < -0.4 is 11.1 Å². The van der Waals surface area contributed by atoms with Gasteiger partial charge in [0.2, 0.25) is 5.91 Å². The fraction of sp³-hybridized carbons (Fsp3) is 0.545. The normalized spacial score (nSPS) is 13.1. The monoisotopic (exact) mass is 226 g/mol. The van der Waals surface area contributed by atoms with E-state index in [1.807, 2.05) is 13.8 Å².